The van der Waals surface area contributed by atoms with Crippen LogP contribution in [0, 0.1) is 15.9 Å². The molecule has 0 spiro atoms. The summed E-state index contributed by atoms with van der Waals surface area (Å²) in [6, 6.07) is 11.6. The van der Waals surface area contributed by atoms with Crippen molar-refractivity contribution >= 4 is 17.8 Å². The Morgan fingerprint density at radius 3 is 2.62 bits per heavy atom. The number of benzene rings is 2. The Bertz CT molecular complexity index is 940. The van der Waals surface area contributed by atoms with Crippen molar-refractivity contribution < 1.29 is 9.31 Å². The van der Waals surface area contributed by atoms with Gasteiger partial charge in [0.15, 0.2) is 0 Å². The van der Waals surface area contributed by atoms with Crippen molar-refractivity contribution in [3.63, 3.8) is 0 Å². The Morgan fingerprint density at radius 1 is 1.31 bits per heavy atom. The predicted octanol–water partition coefficient (Wildman–Crippen LogP) is 4.64. The first-order valence-electron chi connectivity index (χ1n) is 9.68. The maximum atomic E-state index is 13.2. The molecule has 2 aromatic rings. The highest BCUT2D eigenvalue weighted by atomic mass is 19.1. The Morgan fingerprint density at radius 2 is 2.03 bits per heavy atom. The molecule has 3 rings (SSSR count). The summed E-state index contributed by atoms with van der Waals surface area (Å²) < 4.78 is 13.2. The Hall–Kier alpha value is -2.99. The van der Waals surface area contributed by atoms with Crippen LogP contribution in [-0.2, 0) is 6.42 Å². The van der Waals surface area contributed by atoms with Crippen LogP contribution in [0.3, 0.4) is 0 Å². The summed E-state index contributed by atoms with van der Waals surface area (Å²) in [5.41, 5.74) is 3.28. The van der Waals surface area contributed by atoms with E-state index in [2.05, 4.69) is 23.7 Å². The van der Waals surface area contributed by atoms with Crippen molar-refractivity contribution in [3.05, 3.63) is 87.4 Å². The van der Waals surface area contributed by atoms with E-state index in [0.29, 0.717) is 12.1 Å². The van der Waals surface area contributed by atoms with Gasteiger partial charge < -0.3 is 10.2 Å². The topological polar surface area (TPSA) is 58.4 Å². The molecule has 1 aliphatic heterocycles. The third kappa shape index (κ3) is 4.54. The van der Waals surface area contributed by atoms with E-state index >= 15 is 0 Å². The highest BCUT2D eigenvalue weighted by Crippen LogP contribution is 2.29. The number of nitro groups is 1. The molecule has 1 unspecified atom stereocenters. The maximum absolute atomic E-state index is 13.2. The van der Waals surface area contributed by atoms with Gasteiger partial charge in [-0.15, -0.1) is 0 Å². The zero-order valence-corrected chi connectivity index (χ0v) is 16.8. The van der Waals surface area contributed by atoms with Gasteiger partial charge in [-0.2, -0.15) is 0 Å². The molecule has 6 heteroatoms. The number of hydrogen-bond donors (Lipinski definition) is 1. The van der Waals surface area contributed by atoms with E-state index in [0.717, 1.165) is 36.2 Å². The van der Waals surface area contributed by atoms with Gasteiger partial charge in [0.2, 0.25) is 0 Å². The molecule has 0 radical (unpaired) electrons. The van der Waals surface area contributed by atoms with Crippen molar-refractivity contribution in [1.29, 1.82) is 0 Å². The number of hydrogen-bond acceptors (Lipinski definition) is 4. The zero-order valence-electron chi connectivity index (χ0n) is 16.8. The molecule has 1 atom stereocenters. The summed E-state index contributed by atoms with van der Waals surface area (Å²) in [6.45, 7) is 7.26. The minimum Gasteiger partial charge on any atom is -0.375 e. The van der Waals surface area contributed by atoms with Gasteiger partial charge in [0, 0.05) is 37.4 Å². The van der Waals surface area contributed by atoms with Gasteiger partial charge in [-0.3, -0.25) is 10.1 Å². The van der Waals surface area contributed by atoms with Gasteiger partial charge in [0.25, 0.3) is 5.69 Å². The lowest BCUT2D eigenvalue weighted by molar-refractivity contribution is -0.385. The summed E-state index contributed by atoms with van der Waals surface area (Å²) in [5.74, 6) is -0.235. The van der Waals surface area contributed by atoms with Crippen LogP contribution in [0.5, 0.6) is 0 Å². The first kappa shape index (κ1) is 20.7. The van der Waals surface area contributed by atoms with E-state index in [1.165, 1.54) is 18.2 Å². The number of piperazine rings is 1. The second-order valence-corrected chi connectivity index (χ2v) is 7.52. The van der Waals surface area contributed by atoms with Gasteiger partial charge in [-0.25, -0.2) is 4.39 Å². The maximum Gasteiger partial charge on any atom is 0.277 e. The van der Waals surface area contributed by atoms with Gasteiger partial charge in [0.1, 0.15) is 5.82 Å². The van der Waals surface area contributed by atoms with E-state index in [1.807, 2.05) is 31.3 Å². The molecular weight excluding hydrogens is 369 g/mol. The molecule has 1 heterocycles. The molecule has 0 saturated carbocycles. The SMILES string of the molecule is C=Cc1cccc([N+](=O)[O-])c1C=C1CNC(CC)(Cc2ccc(F)cc2)CN1C. The summed E-state index contributed by atoms with van der Waals surface area (Å²) >= 11 is 0. The van der Waals surface area contributed by atoms with E-state index in [4.69, 9.17) is 0 Å². The van der Waals surface area contributed by atoms with Crippen LogP contribution >= 0.6 is 0 Å². The molecular formula is C23H26FN3O2. The van der Waals surface area contributed by atoms with Crippen LogP contribution < -0.4 is 5.32 Å². The van der Waals surface area contributed by atoms with Gasteiger partial charge >= 0.3 is 0 Å². The largest absolute Gasteiger partial charge is 0.375 e. The molecule has 0 aromatic heterocycles. The van der Waals surface area contributed by atoms with E-state index < -0.39 is 0 Å². The average Bonchev–Trinajstić information content (AvgIpc) is 2.71. The average molecular weight is 395 g/mol. The minimum absolute atomic E-state index is 0.0712. The second kappa shape index (κ2) is 8.57. The van der Waals surface area contributed by atoms with Gasteiger partial charge in [-0.05, 0) is 42.2 Å². The van der Waals surface area contributed by atoms with Crippen LogP contribution in [0.1, 0.15) is 30.0 Å². The van der Waals surface area contributed by atoms with E-state index in [1.54, 1.807) is 12.1 Å². The van der Waals surface area contributed by atoms with E-state index in [-0.39, 0.29) is 22.0 Å². The standard InChI is InChI=1S/C23H26FN3O2/c1-4-18-7-6-8-22(27(28)29)21(18)13-20-15-25-23(5-2,16-26(20)3)14-17-9-11-19(24)12-10-17/h4,6-13,25H,1,5,14-16H2,2-3H3. The lowest BCUT2D eigenvalue weighted by Crippen LogP contribution is -2.59. The predicted molar refractivity (Wildman–Crippen MR) is 115 cm³/mol. The molecule has 2 aromatic carbocycles. The molecule has 0 amide bonds. The quantitative estimate of drug-likeness (QED) is 0.572. The Labute approximate surface area is 170 Å². The van der Waals surface area contributed by atoms with Crippen molar-refractivity contribution in [2.75, 3.05) is 20.1 Å². The first-order chi connectivity index (χ1) is 13.9. The summed E-state index contributed by atoms with van der Waals surface area (Å²) in [6.07, 6.45) is 5.20. The molecule has 1 aliphatic rings. The number of rotatable bonds is 6. The molecule has 0 bridgehead atoms. The fraction of sp³-hybridized carbons (Fsp3) is 0.304. The number of likely N-dealkylation sites (N-methyl/N-ethyl adjacent to an activating group) is 1. The molecule has 29 heavy (non-hydrogen) atoms. The smallest absolute Gasteiger partial charge is 0.277 e. The van der Waals surface area contributed by atoms with Crippen molar-refractivity contribution in [2.45, 2.75) is 25.3 Å². The fourth-order valence-electron chi connectivity index (χ4n) is 3.89. The molecule has 5 nitrogen and oxygen atoms in total. The third-order valence-electron chi connectivity index (χ3n) is 5.65. The minimum atomic E-state index is -0.361. The van der Waals surface area contributed by atoms with Crippen molar-refractivity contribution in [1.82, 2.24) is 10.2 Å². The number of nitrogens with zero attached hydrogens (tertiary/aromatic N) is 2. The van der Waals surface area contributed by atoms with Gasteiger partial charge in [0.05, 0.1) is 10.5 Å². The van der Waals surface area contributed by atoms with Crippen LogP contribution in [0.2, 0.25) is 0 Å². The van der Waals surface area contributed by atoms with Gasteiger partial charge in [-0.1, -0.05) is 43.8 Å². The highest BCUT2D eigenvalue weighted by Gasteiger charge is 2.34. The summed E-state index contributed by atoms with van der Waals surface area (Å²) in [4.78, 5) is 13.3. The molecule has 1 N–H and O–H groups in total. The fourth-order valence-corrected chi connectivity index (χ4v) is 3.89. The second-order valence-electron chi connectivity index (χ2n) is 7.52. The number of halogens is 1. The molecule has 152 valence electrons. The monoisotopic (exact) mass is 395 g/mol. The van der Waals surface area contributed by atoms with Crippen LogP contribution in [0.15, 0.2) is 54.7 Å². The normalized spacial score (nSPS) is 20.7. The lowest BCUT2D eigenvalue weighted by Gasteiger charge is -2.44. The molecule has 0 aliphatic carbocycles. The van der Waals surface area contributed by atoms with Crippen LogP contribution in [0.25, 0.3) is 12.2 Å². The molecule has 1 saturated heterocycles. The molecule has 1 fully saturated rings. The van der Waals surface area contributed by atoms with Crippen LogP contribution in [-0.4, -0.2) is 35.5 Å². The lowest BCUT2D eigenvalue weighted by atomic mass is 9.85. The van der Waals surface area contributed by atoms with Crippen molar-refractivity contribution in [2.24, 2.45) is 0 Å². The van der Waals surface area contributed by atoms with E-state index in [9.17, 15) is 14.5 Å². The number of nitrogens with one attached hydrogen (secondary N) is 1. The summed E-state index contributed by atoms with van der Waals surface area (Å²) in [5, 5.41) is 15.1. The number of nitro benzene ring substituents is 1. The first-order valence-corrected chi connectivity index (χ1v) is 9.68. The Balaban J connectivity index is 1.87. The zero-order chi connectivity index (χ0) is 21.0. The highest BCUT2D eigenvalue weighted by molar-refractivity contribution is 5.73. The van der Waals surface area contributed by atoms with Crippen molar-refractivity contribution in [3.8, 4) is 0 Å². The Kier molecular flexibility index (Phi) is 6.13. The third-order valence-corrected chi connectivity index (χ3v) is 5.65. The summed E-state index contributed by atoms with van der Waals surface area (Å²) in [7, 11) is 2.00. The van der Waals surface area contributed by atoms with Crippen LogP contribution in [0.4, 0.5) is 10.1 Å².